The Labute approximate surface area is 122 Å². The normalized spacial score (nSPS) is 14.8. The van der Waals surface area contributed by atoms with Crippen molar-refractivity contribution in [2.24, 2.45) is 5.41 Å². The fourth-order valence-electron chi connectivity index (χ4n) is 2.14. The molecule has 0 rings (SSSR count). The molecule has 2 atom stereocenters. The maximum absolute atomic E-state index is 12.3. The first kappa shape index (κ1) is 18.7. The van der Waals surface area contributed by atoms with E-state index < -0.39 is 17.4 Å². The SMILES string of the molecule is CCN(C(=O)NC(C(=O)O)C(C)(C)C)C(C)CN(C)C. The summed E-state index contributed by atoms with van der Waals surface area (Å²) in [5.41, 5.74) is -0.536. The molecular weight excluding hydrogens is 258 g/mol. The van der Waals surface area contributed by atoms with Crippen LogP contribution in [-0.2, 0) is 4.79 Å². The van der Waals surface area contributed by atoms with Gasteiger partial charge < -0.3 is 20.2 Å². The third-order valence-corrected chi connectivity index (χ3v) is 3.14. The third kappa shape index (κ3) is 5.77. The van der Waals surface area contributed by atoms with E-state index in [1.165, 1.54) is 0 Å². The van der Waals surface area contributed by atoms with E-state index in [4.69, 9.17) is 0 Å². The van der Waals surface area contributed by atoms with Gasteiger partial charge in [-0.05, 0) is 33.4 Å². The Morgan fingerprint density at radius 2 is 1.75 bits per heavy atom. The molecule has 0 saturated heterocycles. The van der Waals surface area contributed by atoms with Crippen LogP contribution in [0, 0.1) is 5.41 Å². The number of nitrogens with one attached hydrogen (secondary N) is 1. The molecule has 0 aromatic heterocycles. The van der Waals surface area contributed by atoms with Crippen LogP contribution in [0.4, 0.5) is 4.79 Å². The second kappa shape index (κ2) is 7.47. The lowest BCUT2D eigenvalue weighted by atomic mass is 9.87. The minimum Gasteiger partial charge on any atom is -0.480 e. The Balaban J connectivity index is 4.89. The zero-order valence-corrected chi connectivity index (χ0v) is 13.7. The number of urea groups is 1. The Bertz CT molecular complexity index is 337. The van der Waals surface area contributed by atoms with Crippen molar-refractivity contribution in [1.82, 2.24) is 15.1 Å². The van der Waals surface area contributed by atoms with Crippen LogP contribution in [0.3, 0.4) is 0 Å². The molecule has 2 amide bonds. The number of hydrogen-bond acceptors (Lipinski definition) is 3. The predicted molar refractivity (Wildman–Crippen MR) is 79.8 cm³/mol. The molecule has 118 valence electrons. The van der Waals surface area contributed by atoms with Crippen LogP contribution in [0.25, 0.3) is 0 Å². The first-order chi connectivity index (χ1) is 9.00. The summed E-state index contributed by atoms with van der Waals surface area (Å²) in [7, 11) is 3.88. The third-order valence-electron chi connectivity index (χ3n) is 3.14. The summed E-state index contributed by atoms with van der Waals surface area (Å²) in [5, 5.41) is 11.9. The Kier molecular flexibility index (Phi) is 6.99. The van der Waals surface area contributed by atoms with Crippen molar-refractivity contribution in [1.29, 1.82) is 0 Å². The van der Waals surface area contributed by atoms with E-state index in [-0.39, 0.29) is 12.1 Å². The summed E-state index contributed by atoms with van der Waals surface area (Å²) < 4.78 is 0. The van der Waals surface area contributed by atoms with E-state index in [2.05, 4.69) is 5.32 Å². The molecule has 20 heavy (non-hydrogen) atoms. The van der Waals surface area contributed by atoms with Crippen LogP contribution >= 0.6 is 0 Å². The molecule has 0 saturated carbocycles. The highest BCUT2D eigenvalue weighted by atomic mass is 16.4. The number of carbonyl (C=O) groups excluding carboxylic acids is 1. The highest BCUT2D eigenvalue weighted by molar-refractivity contribution is 5.83. The minimum absolute atomic E-state index is 0.0180. The Hall–Kier alpha value is -1.30. The number of carbonyl (C=O) groups is 2. The van der Waals surface area contributed by atoms with Crippen LogP contribution in [0.2, 0.25) is 0 Å². The van der Waals surface area contributed by atoms with Gasteiger partial charge in [0, 0.05) is 19.1 Å². The molecule has 6 heteroatoms. The molecule has 0 radical (unpaired) electrons. The molecule has 0 aromatic carbocycles. The van der Waals surface area contributed by atoms with E-state index >= 15 is 0 Å². The van der Waals surface area contributed by atoms with Gasteiger partial charge in [0.2, 0.25) is 0 Å². The van der Waals surface area contributed by atoms with Gasteiger partial charge in [0.1, 0.15) is 6.04 Å². The van der Waals surface area contributed by atoms with Gasteiger partial charge in [-0.3, -0.25) is 0 Å². The van der Waals surface area contributed by atoms with E-state index in [0.29, 0.717) is 6.54 Å². The first-order valence-electron chi connectivity index (χ1n) is 6.95. The molecule has 2 unspecified atom stereocenters. The Morgan fingerprint density at radius 3 is 2.05 bits per heavy atom. The van der Waals surface area contributed by atoms with Gasteiger partial charge in [-0.1, -0.05) is 20.8 Å². The zero-order chi connectivity index (χ0) is 16.1. The largest absolute Gasteiger partial charge is 0.480 e. The monoisotopic (exact) mass is 287 g/mol. The second-order valence-corrected chi connectivity index (χ2v) is 6.48. The van der Waals surface area contributed by atoms with E-state index in [0.717, 1.165) is 6.54 Å². The van der Waals surface area contributed by atoms with E-state index in [1.807, 2.05) is 32.8 Å². The van der Waals surface area contributed by atoms with Gasteiger partial charge in [0.25, 0.3) is 0 Å². The number of hydrogen-bond donors (Lipinski definition) is 2. The zero-order valence-electron chi connectivity index (χ0n) is 13.7. The molecule has 0 bridgehead atoms. The molecule has 2 N–H and O–H groups in total. The summed E-state index contributed by atoms with van der Waals surface area (Å²) >= 11 is 0. The number of carboxylic acid groups (broad SMARTS) is 1. The molecular formula is C14H29N3O3. The van der Waals surface area contributed by atoms with E-state index in [9.17, 15) is 14.7 Å². The summed E-state index contributed by atoms with van der Waals surface area (Å²) in [4.78, 5) is 27.2. The topological polar surface area (TPSA) is 72.9 Å². The highest BCUT2D eigenvalue weighted by Gasteiger charge is 2.34. The molecule has 0 heterocycles. The van der Waals surface area contributed by atoms with Crippen molar-refractivity contribution in [2.75, 3.05) is 27.2 Å². The van der Waals surface area contributed by atoms with Crippen molar-refractivity contribution >= 4 is 12.0 Å². The van der Waals surface area contributed by atoms with Crippen LogP contribution in [0.5, 0.6) is 0 Å². The van der Waals surface area contributed by atoms with Crippen molar-refractivity contribution < 1.29 is 14.7 Å². The number of likely N-dealkylation sites (N-methyl/N-ethyl adjacent to an activating group) is 2. The molecule has 6 nitrogen and oxygen atoms in total. The van der Waals surface area contributed by atoms with Gasteiger partial charge >= 0.3 is 12.0 Å². The summed E-state index contributed by atoms with van der Waals surface area (Å²) in [5.74, 6) is -1.01. The molecule has 0 fully saturated rings. The van der Waals surface area contributed by atoms with Crippen molar-refractivity contribution in [3.05, 3.63) is 0 Å². The minimum atomic E-state index is -1.01. The highest BCUT2D eigenvalue weighted by Crippen LogP contribution is 2.19. The number of amides is 2. The molecule has 0 aliphatic carbocycles. The fourth-order valence-corrected chi connectivity index (χ4v) is 2.14. The number of rotatable bonds is 6. The first-order valence-corrected chi connectivity index (χ1v) is 6.95. The van der Waals surface area contributed by atoms with Crippen LogP contribution in [0.15, 0.2) is 0 Å². The number of nitrogens with zero attached hydrogens (tertiary/aromatic N) is 2. The maximum Gasteiger partial charge on any atom is 0.326 e. The van der Waals surface area contributed by atoms with Crippen molar-refractivity contribution in [2.45, 2.75) is 46.7 Å². The lowest BCUT2D eigenvalue weighted by Gasteiger charge is -2.34. The molecule has 0 aliphatic heterocycles. The molecule has 0 aromatic rings. The van der Waals surface area contributed by atoms with Crippen LogP contribution in [0.1, 0.15) is 34.6 Å². The van der Waals surface area contributed by atoms with Crippen LogP contribution in [-0.4, -0.2) is 66.2 Å². The molecule has 0 aliphatic rings. The Morgan fingerprint density at radius 1 is 1.25 bits per heavy atom. The summed E-state index contributed by atoms with van der Waals surface area (Å²) in [6, 6.07) is -1.22. The van der Waals surface area contributed by atoms with E-state index in [1.54, 1.807) is 25.7 Å². The molecule has 0 spiro atoms. The van der Waals surface area contributed by atoms with Crippen LogP contribution < -0.4 is 5.32 Å². The average molecular weight is 287 g/mol. The lowest BCUT2D eigenvalue weighted by molar-refractivity contribution is -0.142. The van der Waals surface area contributed by atoms with Gasteiger partial charge in [-0.15, -0.1) is 0 Å². The van der Waals surface area contributed by atoms with Gasteiger partial charge in [0.15, 0.2) is 0 Å². The van der Waals surface area contributed by atoms with Gasteiger partial charge in [0.05, 0.1) is 0 Å². The van der Waals surface area contributed by atoms with Gasteiger partial charge in [-0.25, -0.2) is 9.59 Å². The summed E-state index contributed by atoms with van der Waals surface area (Å²) in [6.07, 6.45) is 0. The fraction of sp³-hybridized carbons (Fsp3) is 0.857. The van der Waals surface area contributed by atoms with Crippen molar-refractivity contribution in [3.63, 3.8) is 0 Å². The van der Waals surface area contributed by atoms with Crippen molar-refractivity contribution in [3.8, 4) is 0 Å². The lowest BCUT2D eigenvalue weighted by Crippen LogP contribution is -2.56. The average Bonchev–Trinajstić information content (AvgIpc) is 2.23. The van der Waals surface area contributed by atoms with Gasteiger partial charge in [-0.2, -0.15) is 0 Å². The number of carboxylic acids is 1. The maximum atomic E-state index is 12.3. The summed E-state index contributed by atoms with van der Waals surface area (Å²) in [6.45, 7) is 10.5. The smallest absolute Gasteiger partial charge is 0.326 e. The predicted octanol–water partition coefficient (Wildman–Crippen LogP) is 1.47. The standard InChI is InChI=1S/C14H29N3O3/c1-8-17(10(2)9-16(6)7)13(20)15-11(12(18)19)14(3,4)5/h10-11H,8-9H2,1-7H3,(H,15,20)(H,18,19). The number of aliphatic carboxylic acids is 1. The second-order valence-electron chi connectivity index (χ2n) is 6.48. The quantitative estimate of drug-likeness (QED) is 0.776.